The Morgan fingerprint density at radius 2 is 1.79 bits per heavy atom. The third-order valence-electron chi connectivity index (χ3n) is 5.10. The first kappa shape index (κ1) is 15.8. The molecule has 0 aromatic heterocycles. The molecular weight excluding hydrogens is 305 g/mol. The van der Waals surface area contributed by atoms with Gasteiger partial charge in [-0.25, -0.2) is 4.39 Å². The van der Waals surface area contributed by atoms with E-state index in [0.29, 0.717) is 25.7 Å². The zero-order chi connectivity index (χ0) is 16.4. The minimum absolute atomic E-state index is 0.0124. The molecule has 0 amide bonds. The Hall–Kier alpha value is -1.75. The second-order valence-electron chi connectivity index (χ2n) is 6.68. The van der Waals surface area contributed by atoms with E-state index in [1.807, 2.05) is 18.2 Å². The molecular formula is C20H22FNO2. The van der Waals surface area contributed by atoms with Crippen molar-refractivity contribution < 1.29 is 13.9 Å². The number of morpholine rings is 1. The van der Waals surface area contributed by atoms with Gasteiger partial charge in [-0.3, -0.25) is 0 Å². The number of halogens is 1. The lowest BCUT2D eigenvalue weighted by molar-refractivity contribution is -0.170. The Labute approximate surface area is 141 Å². The van der Waals surface area contributed by atoms with Gasteiger partial charge in [-0.05, 0) is 29.7 Å². The van der Waals surface area contributed by atoms with E-state index >= 15 is 0 Å². The van der Waals surface area contributed by atoms with Crippen LogP contribution < -0.4 is 5.32 Å². The predicted octanol–water partition coefficient (Wildman–Crippen LogP) is 3.43. The molecule has 2 fully saturated rings. The SMILES string of the molecule is Fc1ccc([C@@H]2NCCOC23COC[C@H](c2ccccc2)C3)cc1. The largest absolute Gasteiger partial charge is 0.378 e. The number of rotatable bonds is 2. The highest BCUT2D eigenvalue weighted by molar-refractivity contribution is 5.27. The van der Waals surface area contributed by atoms with Crippen molar-refractivity contribution in [3.63, 3.8) is 0 Å². The van der Waals surface area contributed by atoms with Gasteiger partial charge in [0.25, 0.3) is 0 Å². The van der Waals surface area contributed by atoms with E-state index in [1.54, 1.807) is 0 Å². The van der Waals surface area contributed by atoms with Gasteiger partial charge in [-0.15, -0.1) is 0 Å². The Bertz CT molecular complexity index is 672. The summed E-state index contributed by atoms with van der Waals surface area (Å²) in [5.41, 5.74) is 1.92. The van der Waals surface area contributed by atoms with Crippen LogP contribution in [0.3, 0.4) is 0 Å². The van der Waals surface area contributed by atoms with E-state index in [2.05, 4.69) is 29.6 Å². The fourth-order valence-electron chi connectivity index (χ4n) is 3.95. The topological polar surface area (TPSA) is 30.5 Å². The number of nitrogens with one attached hydrogen (secondary N) is 1. The lowest BCUT2D eigenvalue weighted by atomic mass is 9.77. The van der Waals surface area contributed by atoms with Crippen molar-refractivity contribution in [1.82, 2.24) is 5.32 Å². The van der Waals surface area contributed by atoms with Crippen LogP contribution >= 0.6 is 0 Å². The molecule has 0 aliphatic carbocycles. The molecule has 3 nitrogen and oxygen atoms in total. The van der Waals surface area contributed by atoms with Gasteiger partial charge in [0.2, 0.25) is 0 Å². The summed E-state index contributed by atoms with van der Waals surface area (Å²) in [5.74, 6) is 0.0920. The van der Waals surface area contributed by atoms with E-state index in [9.17, 15) is 4.39 Å². The standard InChI is InChI=1S/C20H22FNO2/c21-18-8-6-16(7-9-18)19-20(24-11-10-22-19)12-17(13-23-14-20)15-4-2-1-3-5-15/h1-9,17,19,22H,10-14H2/t17-,19+,20?/m1/s1. The molecule has 2 aliphatic heterocycles. The molecule has 1 spiro atoms. The van der Waals surface area contributed by atoms with E-state index in [1.165, 1.54) is 17.7 Å². The molecule has 2 saturated heterocycles. The van der Waals surface area contributed by atoms with Crippen LogP contribution in [0.4, 0.5) is 4.39 Å². The summed E-state index contributed by atoms with van der Waals surface area (Å²) in [6.45, 7) is 2.74. The average molecular weight is 327 g/mol. The molecule has 2 aliphatic rings. The van der Waals surface area contributed by atoms with Crippen molar-refractivity contribution in [2.45, 2.75) is 24.0 Å². The highest BCUT2D eigenvalue weighted by atomic mass is 19.1. The quantitative estimate of drug-likeness (QED) is 0.917. The maximum Gasteiger partial charge on any atom is 0.123 e. The molecule has 2 aromatic carbocycles. The Morgan fingerprint density at radius 3 is 2.58 bits per heavy atom. The minimum atomic E-state index is -0.408. The van der Waals surface area contributed by atoms with Crippen molar-refractivity contribution in [2.24, 2.45) is 0 Å². The first-order valence-electron chi connectivity index (χ1n) is 8.52. The fraction of sp³-hybridized carbons (Fsp3) is 0.400. The Kier molecular flexibility index (Phi) is 4.35. The van der Waals surface area contributed by atoms with E-state index < -0.39 is 5.60 Å². The molecule has 0 radical (unpaired) electrons. The average Bonchev–Trinajstić information content (AvgIpc) is 2.64. The molecule has 4 heteroatoms. The third-order valence-corrected chi connectivity index (χ3v) is 5.10. The molecule has 1 N–H and O–H groups in total. The minimum Gasteiger partial charge on any atom is -0.378 e. The number of ether oxygens (including phenoxy) is 2. The zero-order valence-corrected chi connectivity index (χ0v) is 13.6. The molecule has 1 unspecified atom stereocenters. The fourth-order valence-corrected chi connectivity index (χ4v) is 3.95. The van der Waals surface area contributed by atoms with Gasteiger partial charge in [-0.1, -0.05) is 42.5 Å². The predicted molar refractivity (Wildman–Crippen MR) is 90.4 cm³/mol. The van der Waals surface area contributed by atoms with Crippen molar-refractivity contribution in [2.75, 3.05) is 26.4 Å². The van der Waals surface area contributed by atoms with Crippen LogP contribution in [0, 0.1) is 5.82 Å². The monoisotopic (exact) mass is 327 g/mol. The first-order chi connectivity index (χ1) is 11.8. The van der Waals surface area contributed by atoms with Crippen molar-refractivity contribution >= 4 is 0 Å². The summed E-state index contributed by atoms with van der Waals surface area (Å²) in [6.07, 6.45) is 0.895. The van der Waals surface area contributed by atoms with Crippen molar-refractivity contribution in [3.05, 3.63) is 71.5 Å². The molecule has 3 atom stereocenters. The maximum absolute atomic E-state index is 13.3. The summed E-state index contributed by atoms with van der Waals surface area (Å²) in [6, 6.07) is 17.2. The van der Waals surface area contributed by atoms with Crippen LogP contribution in [0.1, 0.15) is 29.5 Å². The molecule has 126 valence electrons. The number of benzene rings is 2. The molecule has 24 heavy (non-hydrogen) atoms. The zero-order valence-electron chi connectivity index (χ0n) is 13.6. The number of hydrogen-bond acceptors (Lipinski definition) is 3. The van der Waals surface area contributed by atoms with Gasteiger partial charge in [0.05, 0.1) is 25.9 Å². The lowest BCUT2D eigenvalue weighted by Gasteiger charge is -2.48. The van der Waals surface area contributed by atoms with Crippen molar-refractivity contribution in [1.29, 1.82) is 0 Å². The summed E-state index contributed by atoms with van der Waals surface area (Å²) < 4.78 is 25.5. The van der Waals surface area contributed by atoms with Gasteiger partial charge in [0.15, 0.2) is 0 Å². The molecule has 4 rings (SSSR count). The van der Waals surface area contributed by atoms with Crippen LogP contribution in [0.5, 0.6) is 0 Å². The van der Waals surface area contributed by atoms with Crippen LogP contribution in [0.15, 0.2) is 54.6 Å². The lowest BCUT2D eigenvalue weighted by Crippen LogP contribution is -2.57. The molecule has 0 saturated carbocycles. The Morgan fingerprint density at radius 1 is 1.00 bits per heavy atom. The van der Waals surface area contributed by atoms with Crippen LogP contribution in [-0.2, 0) is 9.47 Å². The summed E-state index contributed by atoms with van der Waals surface area (Å²) in [5, 5.41) is 3.56. The smallest absolute Gasteiger partial charge is 0.123 e. The normalized spacial score (nSPS) is 30.4. The van der Waals surface area contributed by atoms with Gasteiger partial charge in [-0.2, -0.15) is 0 Å². The highest BCUT2D eigenvalue weighted by Gasteiger charge is 2.47. The van der Waals surface area contributed by atoms with Crippen LogP contribution in [0.25, 0.3) is 0 Å². The highest BCUT2D eigenvalue weighted by Crippen LogP contribution is 2.42. The number of hydrogen-bond donors (Lipinski definition) is 1. The van der Waals surface area contributed by atoms with Crippen molar-refractivity contribution in [3.8, 4) is 0 Å². The van der Waals surface area contributed by atoms with Crippen LogP contribution in [-0.4, -0.2) is 32.0 Å². The van der Waals surface area contributed by atoms with Gasteiger partial charge in [0, 0.05) is 12.5 Å². The van der Waals surface area contributed by atoms with E-state index in [-0.39, 0.29) is 11.9 Å². The summed E-state index contributed by atoms with van der Waals surface area (Å²) in [4.78, 5) is 0. The maximum atomic E-state index is 13.3. The summed E-state index contributed by atoms with van der Waals surface area (Å²) >= 11 is 0. The van der Waals surface area contributed by atoms with Gasteiger partial charge >= 0.3 is 0 Å². The van der Waals surface area contributed by atoms with E-state index in [0.717, 1.165) is 18.5 Å². The molecule has 0 bridgehead atoms. The Balaban J connectivity index is 1.64. The third kappa shape index (κ3) is 2.97. The second kappa shape index (κ2) is 6.63. The second-order valence-corrected chi connectivity index (χ2v) is 6.68. The molecule has 2 aromatic rings. The van der Waals surface area contributed by atoms with Gasteiger partial charge in [0.1, 0.15) is 11.4 Å². The van der Waals surface area contributed by atoms with E-state index in [4.69, 9.17) is 9.47 Å². The van der Waals surface area contributed by atoms with Crippen LogP contribution in [0.2, 0.25) is 0 Å². The molecule has 2 heterocycles. The summed E-state index contributed by atoms with van der Waals surface area (Å²) in [7, 11) is 0. The first-order valence-corrected chi connectivity index (χ1v) is 8.52. The van der Waals surface area contributed by atoms with Gasteiger partial charge < -0.3 is 14.8 Å².